The Hall–Kier alpha value is -1.13. The van der Waals surface area contributed by atoms with Gasteiger partial charge in [-0.05, 0) is 43.3 Å². The second kappa shape index (κ2) is 8.71. The van der Waals surface area contributed by atoms with Crippen molar-refractivity contribution in [3.63, 3.8) is 0 Å². The van der Waals surface area contributed by atoms with Crippen LogP contribution in [-0.2, 0) is 19.9 Å². The van der Waals surface area contributed by atoms with E-state index in [1.165, 1.54) is 35.6 Å². The molecule has 1 heterocycles. The Kier molecular flexibility index (Phi) is 7.09. The molecule has 0 saturated carbocycles. The van der Waals surface area contributed by atoms with E-state index < -0.39 is 25.9 Å². The van der Waals surface area contributed by atoms with Crippen molar-refractivity contribution in [3.05, 3.63) is 45.6 Å². The lowest BCUT2D eigenvalue weighted by Gasteiger charge is -2.13. The summed E-state index contributed by atoms with van der Waals surface area (Å²) in [7, 11) is -6.80. The van der Waals surface area contributed by atoms with Crippen LogP contribution in [0.4, 0.5) is 0 Å². The van der Waals surface area contributed by atoms with Crippen molar-refractivity contribution >= 4 is 42.8 Å². The van der Waals surface area contributed by atoms with E-state index in [2.05, 4.69) is 4.72 Å². The molecule has 0 aliphatic carbocycles. The third kappa shape index (κ3) is 5.95. The summed E-state index contributed by atoms with van der Waals surface area (Å²) in [5.74, 6) is 0.395. The molecule has 26 heavy (non-hydrogen) atoms. The van der Waals surface area contributed by atoms with Crippen LogP contribution in [0, 0.1) is 0 Å². The van der Waals surface area contributed by atoms with Crippen molar-refractivity contribution in [2.75, 3.05) is 18.1 Å². The van der Waals surface area contributed by atoms with Crippen LogP contribution >= 0.6 is 22.9 Å². The predicted octanol–water partition coefficient (Wildman–Crippen LogP) is 3.25. The highest BCUT2D eigenvalue weighted by Gasteiger charge is 2.19. The van der Waals surface area contributed by atoms with E-state index in [0.717, 1.165) is 4.88 Å². The Morgan fingerprint density at radius 3 is 2.31 bits per heavy atom. The third-order valence-electron chi connectivity index (χ3n) is 3.59. The van der Waals surface area contributed by atoms with Gasteiger partial charge in [0.15, 0.2) is 9.84 Å². The summed E-state index contributed by atoms with van der Waals surface area (Å²) in [6.07, 6.45) is 0. The molecule has 0 spiro atoms. The first kappa shape index (κ1) is 21.2. The third-order valence-corrected chi connectivity index (χ3v) is 8.23. The summed E-state index contributed by atoms with van der Waals surface area (Å²) in [5.41, 5.74) is 0. The molecule has 2 aromatic rings. The summed E-state index contributed by atoms with van der Waals surface area (Å²) in [4.78, 5) is 0.913. The molecule has 0 aliphatic heterocycles. The van der Waals surface area contributed by atoms with E-state index in [9.17, 15) is 16.8 Å². The fourth-order valence-electron chi connectivity index (χ4n) is 2.07. The number of sulfonamides is 1. The molecule has 2 rings (SSSR count). The van der Waals surface area contributed by atoms with E-state index in [0.29, 0.717) is 10.1 Å². The van der Waals surface area contributed by atoms with Gasteiger partial charge in [0, 0.05) is 10.6 Å². The Balaban J connectivity index is 1.99. The lowest BCUT2D eigenvalue weighted by atomic mass is 10.3. The number of halogens is 1. The number of hydrogen-bond acceptors (Lipinski definition) is 6. The fourth-order valence-corrected chi connectivity index (χ4v) is 5.05. The zero-order valence-corrected chi connectivity index (χ0v) is 17.5. The summed E-state index contributed by atoms with van der Waals surface area (Å²) >= 11 is 7.20. The molecule has 0 amide bonds. The highest BCUT2D eigenvalue weighted by molar-refractivity contribution is 7.91. The second-order valence-corrected chi connectivity index (χ2v) is 11.5. The van der Waals surface area contributed by atoms with Gasteiger partial charge < -0.3 is 4.74 Å². The zero-order valence-electron chi connectivity index (χ0n) is 14.3. The first-order chi connectivity index (χ1) is 12.1. The van der Waals surface area contributed by atoms with E-state index in [1.54, 1.807) is 26.0 Å². The normalized spacial score (nSPS) is 13.5. The first-order valence-corrected chi connectivity index (χ1v) is 12.3. The number of hydrogen-bond donors (Lipinski definition) is 1. The fraction of sp³-hybridized carbons (Fsp3) is 0.375. The van der Waals surface area contributed by atoms with Crippen molar-refractivity contribution in [1.29, 1.82) is 0 Å². The van der Waals surface area contributed by atoms with Gasteiger partial charge in [0.05, 0.1) is 21.0 Å². The maximum absolute atomic E-state index is 12.5. The SMILES string of the molecule is CCS(=O)(=O)CCOc1ccc(S(=O)(=O)NC(C)c2ccc(Cl)s2)cc1. The topological polar surface area (TPSA) is 89.5 Å². The quantitative estimate of drug-likeness (QED) is 0.650. The lowest BCUT2D eigenvalue weighted by Crippen LogP contribution is -2.26. The maximum Gasteiger partial charge on any atom is 0.241 e. The highest BCUT2D eigenvalue weighted by Crippen LogP contribution is 2.28. The van der Waals surface area contributed by atoms with Crippen LogP contribution < -0.4 is 9.46 Å². The molecule has 6 nitrogen and oxygen atoms in total. The molecule has 1 N–H and O–H groups in total. The highest BCUT2D eigenvalue weighted by atomic mass is 35.5. The van der Waals surface area contributed by atoms with Crippen LogP contribution in [-0.4, -0.2) is 34.9 Å². The van der Waals surface area contributed by atoms with Gasteiger partial charge in [0.1, 0.15) is 12.4 Å². The molecule has 10 heteroatoms. The molecule has 144 valence electrons. The van der Waals surface area contributed by atoms with Crippen molar-refractivity contribution in [1.82, 2.24) is 4.72 Å². The number of benzene rings is 1. The zero-order chi connectivity index (χ0) is 19.4. The van der Waals surface area contributed by atoms with Crippen molar-refractivity contribution in [2.24, 2.45) is 0 Å². The molecule has 0 fully saturated rings. The minimum atomic E-state index is -3.70. The number of sulfone groups is 1. The Bertz CT molecular complexity index is 937. The van der Waals surface area contributed by atoms with Gasteiger partial charge in [0.2, 0.25) is 10.0 Å². The van der Waals surface area contributed by atoms with Gasteiger partial charge >= 0.3 is 0 Å². The standard InChI is InChI=1S/C16H20ClNO5S3/c1-3-25(19,20)11-10-23-13-4-6-14(7-5-13)26(21,22)18-12(2)15-8-9-16(17)24-15/h4-9,12,18H,3,10-11H2,1-2H3. The second-order valence-electron chi connectivity index (χ2n) is 5.54. The summed E-state index contributed by atoms with van der Waals surface area (Å²) in [6.45, 7) is 3.34. The molecular formula is C16H20ClNO5S3. The Morgan fingerprint density at radius 2 is 1.77 bits per heavy atom. The van der Waals surface area contributed by atoms with E-state index >= 15 is 0 Å². The smallest absolute Gasteiger partial charge is 0.241 e. The van der Waals surface area contributed by atoms with E-state index in [1.807, 2.05) is 0 Å². The summed E-state index contributed by atoms with van der Waals surface area (Å²) in [6, 6.07) is 8.92. The lowest BCUT2D eigenvalue weighted by molar-refractivity contribution is 0.340. The van der Waals surface area contributed by atoms with Gasteiger partial charge in [-0.3, -0.25) is 0 Å². The van der Waals surface area contributed by atoms with Crippen molar-refractivity contribution in [2.45, 2.75) is 24.8 Å². The first-order valence-electron chi connectivity index (χ1n) is 7.84. The van der Waals surface area contributed by atoms with Crippen LogP contribution in [0.2, 0.25) is 4.34 Å². The Morgan fingerprint density at radius 1 is 1.12 bits per heavy atom. The van der Waals surface area contributed by atoms with Gasteiger partial charge in [-0.15, -0.1) is 11.3 Å². The van der Waals surface area contributed by atoms with Crippen LogP contribution in [0.5, 0.6) is 5.75 Å². The number of ether oxygens (including phenoxy) is 1. The number of rotatable bonds is 9. The largest absolute Gasteiger partial charge is 0.493 e. The summed E-state index contributed by atoms with van der Waals surface area (Å²) < 4.78 is 56.3. The maximum atomic E-state index is 12.5. The van der Waals surface area contributed by atoms with Gasteiger partial charge in [-0.2, -0.15) is 0 Å². The van der Waals surface area contributed by atoms with E-state index in [4.69, 9.17) is 16.3 Å². The molecule has 0 aliphatic rings. The molecule has 1 unspecified atom stereocenters. The average Bonchev–Trinajstić information content (AvgIpc) is 3.01. The summed E-state index contributed by atoms with van der Waals surface area (Å²) in [5, 5.41) is 0. The van der Waals surface area contributed by atoms with Crippen LogP contribution in [0.1, 0.15) is 24.8 Å². The monoisotopic (exact) mass is 437 g/mol. The van der Waals surface area contributed by atoms with Gasteiger partial charge in [-0.25, -0.2) is 21.6 Å². The van der Waals surface area contributed by atoms with Crippen molar-refractivity contribution < 1.29 is 21.6 Å². The molecular weight excluding hydrogens is 418 g/mol. The Labute approximate surface area is 163 Å². The van der Waals surface area contributed by atoms with E-state index in [-0.39, 0.29) is 23.0 Å². The van der Waals surface area contributed by atoms with Crippen LogP contribution in [0.15, 0.2) is 41.3 Å². The molecule has 1 aromatic carbocycles. The molecule has 0 bridgehead atoms. The average molecular weight is 438 g/mol. The molecule has 1 aromatic heterocycles. The van der Waals surface area contributed by atoms with Crippen LogP contribution in [0.3, 0.4) is 0 Å². The minimum absolute atomic E-state index is 0.0245. The minimum Gasteiger partial charge on any atom is -0.493 e. The predicted molar refractivity (Wildman–Crippen MR) is 104 cm³/mol. The van der Waals surface area contributed by atoms with Gasteiger partial charge in [-0.1, -0.05) is 18.5 Å². The molecule has 0 radical (unpaired) electrons. The number of nitrogens with one attached hydrogen (secondary N) is 1. The number of thiophene rings is 1. The molecule has 0 saturated heterocycles. The van der Waals surface area contributed by atoms with Gasteiger partial charge in [0.25, 0.3) is 0 Å². The van der Waals surface area contributed by atoms with Crippen molar-refractivity contribution in [3.8, 4) is 5.75 Å². The van der Waals surface area contributed by atoms with Crippen LogP contribution in [0.25, 0.3) is 0 Å². The molecule has 1 atom stereocenters.